The van der Waals surface area contributed by atoms with Gasteiger partial charge in [-0.05, 0) is 36.2 Å². The molecule has 4 aromatic rings. The van der Waals surface area contributed by atoms with Crippen molar-refractivity contribution in [2.45, 2.75) is 26.1 Å². The SMILES string of the molecule is Cc1nc(-c2ccn(C[C@H](O)c3ccc(F)cc3)n2)sc1OC(=O)NCc1ccccc1. The molecule has 9 heteroatoms. The molecule has 0 unspecified atom stereocenters. The zero-order chi connectivity index (χ0) is 22.5. The van der Waals surface area contributed by atoms with E-state index in [0.29, 0.717) is 33.6 Å². The molecule has 0 saturated carbocycles. The fourth-order valence-electron chi connectivity index (χ4n) is 3.02. The van der Waals surface area contributed by atoms with Crippen LogP contribution in [0.15, 0.2) is 66.9 Å². The van der Waals surface area contributed by atoms with Gasteiger partial charge in [-0.1, -0.05) is 53.8 Å². The van der Waals surface area contributed by atoms with Gasteiger partial charge in [0.2, 0.25) is 5.06 Å². The van der Waals surface area contributed by atoms with Gasteiger partial charge in [0.15, 0.2) is 0 Å². The number of carbonyl (C=O) groups is 1. The Kier molecular flexibility index (Phi) is 6.58. The van der Waals surface area contributed by atoms with Crippen molar-refractivity contribution in [3.63, 3.8) is 0 Å². The summed E-state index contributed by atoms with van der Waals surface area (Å²) in [5.41, 5.74) is 2.76. The quantitative estimate of drug-likeness (QED) is 0.432. The van der Waals surface area contributed by atoms with Crippen LogP contribution in [-0.2, 0) is 13.1 Å². The highest BCUT2D eigenvalue weighted by Crippen LogP contribution is 2.33. The van der Waals surface area contributed by atoms with E-state index in [0.717, 1.165) is 5.56 Å². The molecule has 2 aromatic carbocycles. The topological polar surface area (TPSA) is 89.3 Å². The van der Waals surface area contributed by atoms with E-state index < -0.39 is 12.2 Å². The first-order chi connectivity index (χ1) is 15.5. The number of halogens is 1. The lowest BCUT2D eigenvalue weighted by Crippen LogP contribution is -2.26. The van der Waals surface area contributed by atoms with Crippen molar-refractivity contribution in [1.82, 2.24) is 20.1 Å². The number of rotatable bonds is 7. The predicted octanol–water partition coefficient (Wildman–Crippen LogP) is 4.48. The summed E-state index contributed by atoms with van der Waals surface area (Å²) >= 11 is 1.22. The Labute approximate surface area is 188 Å². The smallest absolute Gasteiger partial charge is 0.397 e. The van der Waals surface area contributed by atoms with Gasteiger partial charge in [-0.3, -0.25) is 4.68 Å². The first kappa shape index (κ1) is 21.7. The molecular formula is C23H21FN4O3S. The minimum atomic E-state index is -0.825. The third-order valence-corrected chi connectivity index (χ3v) is 5.75. The second kappa shape index (κ2) is 9.71. The number of thiazole rings is 1. The number of carbonyl (C=O) groups excluding carboxylic acids is 1. The fraction of sp³-hybridized carbons (Fsp3) is 0.174. The van der Waals surface area contributed by atoms with E-state index in [1.165, 1.54) is 23.5 Å². The zero-order valence-corrected chi connectivity index (χ0v) is 18.1. The molecule has 7 nitrogen and oxygen atoms in total. The third kappa shape index (κ3) is 5.37. The number of aliphatic hydroxyl groups is 1. The average molecular weight is 453 g/mol. The van der Waals surface area contributed by atoms with Gasteiger partial charge in [-0.2, -0.15) is 5.10 Å². The van der Waals surface area contributed by atoms with Gasteiger partial charge in [0.05, 0.1) is 18.3 Å². The Morgan fingerprint density at radius 2 is 1.94 bits per heavy atom. The molecule has 0 radical (unpaired) electrons. The van der Waals surface area contributed by atoms with Crippen LogP contribution in [0.4, 0.5) is 9.18 Å². The number of benzene rings is 2. The lowest BCUT2D eigenvalue weighted by Gasteiger charge is -2.10. The number of aromatic nitrogens is 3. The van der Waals surface area contributed by atoms with Gasteiger partial charge in [0.1, 0.15) is 16.5 Å². The number of ether oxygens (including phenoxy) is 1. The third-order valence-electron chi connectivity index (χ3n) is 4.69. The summed E-state index contributed by atoms with van der Waals surface area (Å²) in [5, 5.41) is 18.5. The van der Waals surface area contributed by atoms with Gasteiger partial charge >= 0.3 is 6.09 Å². The monoisotopic (exact) mass is 452 g/mol. The number of hydrogen-bond donors (Lipinski definition) is 2. The van der Waals surface area contributed by atoms with Crippen molar-refractivity contribution >= 4 is 17.4 Å². The average Bonchev–Trinajstić information content (AvgIpc) is 3.40. The maximum absolute atomic E-state index is 13.1. The van der Waals surface area contributed by atoms with Gasteiger partial charge in [0, 0.05) is 12.7 Å². The second-order valence-electron chi connectivity index (χ2n) is 7.11. The van der Waals surface area contributed by atoms with Crippen LogP contribution in [0.2, 0.25) is 0 Å². The molecule has 4 rings (SSSR count). The number of aliphatic hydroxyl groups excluding tert-OH is 1. The summed E-state index contributed by atoms with van der Waals surface area (Å²) in [6.45, 7) is 2.33. The van der Waals surface area contributed by atoms with Crippen molar-refractivity contribution in [1.29, 1.82) is 0 Å². The normalized spacial score (nSPS) is 11.8. The van der Waals surface area contributed by atoms with Crippen molar-refractivity contribution in [3.8, 4) is 15.8 Å². The highest BCUT2D eigenvalue weighted by atomic mass is 32.1. The molecule has 0 spiro atoms. The molecule has 0 aliphatic rings. The van der Waals surface area contributed by atoms with Crippen molar-refractivity contribution in [3.05, 3.63) is 89.5 Å². The molecule has 1 atom stereocenters. The maximum atomic E-state index is 13.1. The Balaban J connectivity index is 1.37. The summed E-state index contributed by atoms with van der Waals surface area (Å²) in [6.07, 6.45) is 0.347. The molecule has 164 valence electrons. The van der Waals surface area contributed by atoms with Crippen LogP contribution in [0.25, 0.3) is 10.7 Å². The number of hydrogen-bond acceptors (Lipinski definition) is 6. The van der Waals surface area contributed by atoms with Gasteiger partial charge in [0.25, 0.3) is 0 Å². The largest absolute Gasteiger partial charge is 0.413 e. The molecule has 0 bridgehead atoms. The zero-order valence-electron chi connectivity index (χ0n) is 17.2. The lowest BCUT2D eigenvalue weighted by atomic mass is 10.1. The lowest BCUT2D eigenvalue weighted by molar-refractivity contribution is 0.151. The highest BCUT2D eigenvalue weighted by molar-refractivity contribution is 7.17. The molecule has 1 amide bonds. The van der Waals surface area contributed by atoms with Crippen molar-refractivity contribution in [2.24, 2.45) is 0 Å². The van der Waals surface area contributed by atoms with Gasteiger partial charge in [-0.25, -0.2) is 14.2 Å². The Morgan fingerprint density at radius 1 is 1.19 bits per heavy atom. The number of nitrogens with zero attached hydrogens (tertiary/aromatic N) is 3. The Hall–Kier alpha value is -3.56. The molecule has 2 heterocycles. The van der Waals surface area contributed by atoms with E-state index in [4.69, 9.17) is 4.74 Å². The molecule has 2 aromatic heterocycles. The van der Waals surface area contributed by atoms with Gasteiger partial charge in [-0.15, -0.1) is 0 Å². The summed E-state index contributed by atoms with van der Waals surface area (Å²) in [7, 11) is 0. The Bertz CT molecular complexity index is 1190. The van der Waals surface area contributed by atoms with Crippen LogP contribution in [0.5, 0.6) is 5.06 Å². The number of aryl methyl sites for hydroxylation is 1. The van der Waals surface area contributed by atoms with Crippen LogP contribution in [0.3, 0.4) is 0 Å². The standard InChI is InChI=1S/C23H21FN4O3S/c1-15-22(31-23(30)25-13-16-5-3-2-4-6-16)32-21(26-15)19-11-12-28(27-19)14-20(29)17-7-9-18(24)10-8-17/h2-12,20,29H,13-14H2,1H3,(H,25,30)/t20-/m0/s1. The van der Waals surface area contributed by atoms with E-state index in [1.54, 1.807) is 36.0 Å². The Morgan fingerprint density at radius 3 is 2.69 bits per heavy atom. The summed E-state index contributed by atoms with van der Waals surface area (Å²) in [4.78, 5) is 16.6. The number of amides is 1. The summed E-state index contributed by atoms with van der Waals surface area (Å²) < 4.78 is 20.1. The molecule has 2 N–H and O–H groups in total. The molecule has 0 fully saturated rings. The van der Waals surface area contributed by atoms with Crippen LogP contribution in [0, 0.1) is 12.7 Å². The molecule has 32 heavy (non-hydrogen) atoms. The second-order valence-corrected chi connectivity index (χ2v) is 8.07. The first-order valence-electron chi connectivity index (χ1n) is 9.92. The minimum absolute atomic E-state index is 0.210. The van der Waals surface area contributed by atoms with Crippen molar-refractivity contribution in [2.75, 3.05) is 0 Å². The van der Waals surface area contributed by atoms with E-state index in [9.17, 15) is 14.3 Å². The molecular weight excluding hydrogens is 431 g/mol. The van der Waals surface area contributed by atoms with E-state index >= 15 is 0 Å². The molecule has 0 aliphatic heterocycles. The van der Waals surface area contributed by atoms with Crippen LogP contribution in [0.1, 0.15) is 22.9 Å². The fourth-order valence-corrected chi connectivity index (χ4v) is 3.90. The summed E-state index contributed by atoms with van der Waals surface area (Å²) in [6, 6.07) is 17.0. The predicted molar refractivity (Wildman–Crippen MR) is 119 cm³/mol. The number of nitrogens with one attached hydrogen (secondary N) is 1. The first-order valence-corrected chi connectivity index (χ1v) is 10.7. The van der Waals surface area contributed by atoms with Gasteiger partial charge < -0.3 is 15.2 Å². The van der Waals surface area contributed by atoms with E-state index in [2.05, 4.69) is 15.4 Å². The highest BCUT2D eigenvalue weighted by Gasteiger charge is 2.17. The van der Waals surface area contributed by atoms with Crippen LogP contribution in [-0.4, -0.2) is 26.0 Å². The molecule has 0 aliphatic carbocycles. The van der Waals surface area contributed by atoms with Crippen LogP contribution >= 0.6 is 11.3 Å². The van der Waals surface area contributed by atoms with Crippen molar-refractivity contribution < 1.29 is 19.0 Å². The maximum Gasteiger partial charge on any atom is 0.413 e. The van der Waals surface area contributed by atoms with Crippen LogP contribution < -0.4 is 10.1 Å². The van der Waals surface area contributed by atoms with E-state index in [-0.39, 0.29) is 12.4 Å². The van der Waals surface area contributed by atoms with E-state index in [1.807, 2.05) is 30.3 Å². The summed E-state index contributed by atoms with van der Waals surface area (Å²) in [5.74, 6) is -0.353. The molecule has 0 saturated heterocycles. The minimum Gasteiger partial charge on any atom is -0.397 e.